The predicted molar refractivity (Wildman–Crippen MR) is 97.7 cm³/mol. The van der Waals surface area contributed by atoms with Crippen molar-refractivity contribution in [3.05, 3.63) is 28.8 Å². The van der Waals surface area contributed by atoms with Crippen LogP contribution in [0.3, 0.4) is 0 Å². The minimum absolute atomic E-state index is 0.222. The van der Waals surface area contributed by atoms with Crippen LogP contribution >= 0.6 is 11.6 Å². The van der Waals surface area contributed by atoms with Crippen LogP contribution in [0.2, 0.25) is 5.02 Å². The van der Waals surface area contributed by atoms with Crippen LogP contribution in [0.15, 0.2) is 18.2 Å². The number of anilines is 1. The Balaban J connectivity index is 1.96. The van der Waals surface area contributed by atoms with Crippen LogP contribution in [0, 0.1) is 5.92 Å². The van der Waals surface area contributed by atoms with Gasteiger partial charge >= 0.3 is 12.0 Å². The number of amides is 2. The molecule has 2 atom stereocenters. The molecule has 1 aliphatic rings. The fourth-order valence-electron chi connectivity index (χ4n) is 2.67. The summed E-state index contributed by atoms with van der Waals surface area (Å²) in [6, 6.07) is 4.78. The lowest BCUT2D eigenvalue weighted by atomic mass is 9.97. The van der Waals surface area contributed by atoms with Crippen LogP contribution < -0.4 is 21.5 Å². The van der Waals surface area contributed by atoms with Crippen LogP contribution in [0.1, 0.15) is 38.1 Å². The van der Waals surface area contributed by atoms with Crippen molar-refractivity contribution in [3.8, 4) is 0 Å². The van der Waals surface area contributed by atoms with Crippen molar-refractivity contribution in [1.82, 2.24) is 16.2 Å². The number of rotatable bonds is 5. The first-order valence-corrected chi connectivity index (χ1v) is 8.72. The summed E-state index contributed by atoms with van der Waals surface area (Å²) in [6.07, 6.45) is -0.222. The number of urea groups is 1. The SMILES string of the molecule is CC(C)OC(=O)c1ccc(Cl)c(NC(=O)NCC2C(C)NNC2C)c1. The Kier molecular flexibility index (Phi) is 6.64. The molecule has 1 aromatic rings. The standard InChI is InChI=1S/C17H25ClN4O3/c1-9(2)25-16(23)12-5-6-14(18)15(7-12)20-17(24)19-8-13-10(3)21-22-11(13)4/h5-7,9-11,13,21-22H,8H2,1-4H3,(H2,19,20,24). The first kappa shape index (κ1) is 19.5. The normalized spacial score (nSPS) is 22.7. The van der Waals surface area contributed by atoms with Gasteiger partial charge in [-0.3, -0.25) is 10.9 Å². The van der Waals surface area contributed by atoms with E-state index in [2.05, 4.69) is 35.3 Å². The van der Waals surface area contributed by atoms with E-state index in [-0.39, 0.29) is 30.1 Å². The van der Waals surface area contributed by atoms with Crippen LogP contribution in [-0.4, -0.2) is 36.7 Å². The molecule has 1 aliphatic heterocycles. The fourth-order valence-corrected chi connectivity index (χ4v) is 2.84. The molecule has 138 valence electrons. The zero-order valence-electron chi connectivity index (χ0n) is 14.9. The number of nitrogens with one attached hydrogen (secondary N) is 4. The van der Waals surface area contributed by atoms with Crippen molar-refractivity contribution in [2.24, 2.45) is 5.92 Å². The molecule has 0 saturated carbocycles. The summed E-state index contributed by atoms with van der Waals surface area (Å²) in [5.41, 5.74) is 6.98. The van der Waals surface area contributed by atoms with Crippen LogP contribution in [0.25, 0.3) is 0 Å². The molecule has 1 saturated heterocycles. The molecule has 4 N–H and O–H groups in total. The molecule has 1 heterocycles. The number of halogens is 1. The van der Waals surface area contributed by atoms with Gasteiger partial charge in [-0.1, -0.05) is 11.6 Å². The van der Waals surface area contributed by atoms with E-state index in [0.717, 1.165) is 0 Å². The van der Waals surface area contributed by atoms with E-state index in [4.69, 9.17) is 16.3 Å². The van der Waals surface area contributed by atoms with Gasteiger partial charge < -0.3 is 15.4 Å². The summed E-state index contributed by atoms with van der Waals surface area (Å²) in [7, 11) is 0. The van der Waals surface area contributed by atoms with E-state index in [1.54, 1.807) is 26.0 Å². The van der Waals surface area contributed by atoms with Gasteiger partial charge in [-0.15, -0.1) is 0 Å². The van der Waals surface area contributed by atoms with Crippen molar-refractivity contribution >= 4 is 29.3 Å². The Morgan fingerprint density at radius 3 is 2.48 bits per heavy atom. The predicted octanol–water partition coefficient (Wildman–Crippen LogP) is 2.53. The summed E-state index contributed by atoms with van der Waals surface area (Å²) in [5.74, 6) is -0.186. The van der Waals surface area contributed by atoms with Crippen LogP contribution in [-0.2, 0) is 4.74 Å². The monoisotopic (exact) mass is 368 g/mol. The molecule has 25 heavy (non-hydrogen) atoms. The van der Waals surface area contributed by atoms with Crippen LogP contribution in [0.4, 0.5) is 10.5 Å². The van der Waals surface area contributed by atoms with E-state index < -0.39 is 5.97 Å². The number of carbonyl (C=O) groups is 2. The summed E-state index contributed by atoms with van der Waals surface area (Å²) in [6.45, 7) is 8.17. The third-order valence-corrected chi connectivity index (χ3v) is 4.44. The maximum absolute atomic E-state index is 12.2. The Morgan fingerprint density at radius 1 is 1.24 bits per heavy atom. The molecule has 1 fully saturated rings. The summed E-state index contributed by atoms with van der Waals surface area (Å²) in [4.78, 5) is 24.1. The highest BCUT2D eigenvalue weighted by Crippen LogP contribution is 2.23. The Morgan fingerprint density at radius 2 is 1.88 bits per heavy atom. The van der Waals surface area contributed by atoms with E-state index >= 15 is 0 Å². The summed E-state index contributed by atoms with van der Waals surface area (Å²) in [5, 5.41) is 5.87. The topological polar surface area (TPSA) is 91.5 Å². The second-order valence-electron chi connectivity index (χ2n) is 6.51. The second-order valence-corrected chi connectivity index (χ2v) is 6.92. The van der Waals surface area contributed by atoms with Gasteiger partial charge in [0.1, 0.15) is 0 Å². The van der Waals surface area contributed by atoms with Crippen molar-refractivity contribution in [2.75, 3.05) is 11.9 Å². The molecule has 0 bridgehead atoms. The highest BCUT2D eigenvalue weighted by Gasteiger charge is 2.29. The number of carbonyl (C=O) groups excluding carboxylic acids is 2. The molecule has 1 aromatic carbocycles. The van der Waals surface area contributed by atoms with Gasteiger partial charge in [0.2, 0.25) is 0 Å². The Labute approximate surface area is 152 Å². The van der Waals surface area contributed by atoms with Crippen LogP contribution in [0.5, 0.6) is 0 Å². The zero-order chi connectivity index (χ0) is 18.6. The largest absolute Gasteiger partial charge is 0.459 e. The molecule has 8 heteroatoms. The minimum Gasteiger partial charge on any atom is -0.459 e. The highest BCUT2D eigenvalue weighted by atomic mass is 35.5. The van der Waals surface area contributed by atoms with Crippen molar-refractivity contribution in [3.63, 3.8) is 0 Å². The van der Waals surface area contributed by atoms with Crippen molar-refractivity contribution in [1.29, 1.82) is 0 Å². The van der Waals surface area contributed by atoms with Gasteiger partial charge in [0.25, 0.3) is 0 Å². The van der Waals surface area contributed by atoms with Gasteiger partial charge in [0.15, 0.2) is 0 Å². The average Bonchev–Trinajstić information content (AvgIpc) is 2.85. The second kappa shape index (κ2) is 8.51. The van der Waals surface area contributed by atoms with E-state index in [1.165, 1.54) is 6.07 Å². The van der Waals surface area contributed by atoms with E-state index in [0.29, 0.717) is 22.8 Å². The molecule has 0 aliphatic carbocycles. The highest BCUT2D eigenvalue weighted by molar-refractivity contribution is 6.33. The molecule has 0 spiro atoms. The third-order valence-electron chi connectivity index (χ3n) is 4.11. The first-order valence-electron chi connectivity index (χ1n) is 8.34. The lowest BCUT2D eigenvalue weighted by Gasteiger charge is -2.19. The quantitative estimate of drug-likeness (QED) is 0.599. The molecular weight excluding hydrogens is 344 g/mol. The number of esters is 1. The average molecular weight is 369 g/mol. The number of hydrogen-bond donors (Lipinski definition) is 4. The van der Waals surface area contributed by atoms with Gasteiger partial charge in [-0.25, -0.2) is 9.59 Å². The van der Waals surface area contributed by atoms with Crippen molar-refractivity contribution in [2.45, 2.75) is 45.9 Å². The molecule has 7 nitrogen and oxygen atoms in total. The molecule has 0 aromatic heterocycles. The molecule has 2 rings (SSSR count). The maximum atomic E-state index is 12.2. The Bertz CT molecular complexity index is 628. The zero-order valence-corrected chi connectivity index (χ0v) is 15.6. The lowest BCUT2D eigenvalue weighted by molar-refractivity contribution is 0.0378. The van der Waals surface area contributed by atoms with Crippen molar-refractivity contribution < 1.29 is 14.3 Å². The third kappa shape index (κ3) is 5.32. The van der Waals surface area contributed by atoms with Gasteiger partial charge in [-0.2, -0.15) is 0 Å². The number of benzene rings is 1. The van der Waals surface area contributed by atoms with Gasteiger partial charge in [0, 0.05) is 24.5 Å². The smallest absolute Gasteiger partial charge is 0.338 e. The maximum Gasteiger partial charge on any atom is 0.338 e. The number of hydrazine groups is 1. The molecule has 0 radical (unpaired) electrons. The van der Waals surface area contributed by atoms with E-state index in [1.807, 2.05) is 0 Å². The molecule has 2 unspecified atom stereocenters. The first-order chi connectivity index (χ1) is 11.8. The number of ether oxygens (including phenoxy) is 1. The van der Waals surface area contributed by atoms with E-state index in [9.17, 15) is 9.59 Å². The van der Waals surface area contributed by atoms with Gasteiger partial charge in [0.05, 0.1) is 22.4 Å². The fraction of sp³-hybridized carbons (Fsp3) is 0.529. The number of hydrogen-bond acceptors (Lipinski definition) is 5. The summed E-state index contributed by atoms with van der Waals surface area (Å²) < 4.78 is 5.15. The lowest BCUT2D eigenvalue weighted by Crippen LogP contribution is -2.39. The summed E-state index contributed by atoms with van der Waals surface area (Å²) >= 11 is 6.11. The Hall–Kier alpha value is -1.83. The molecular formula is C17H25ClN4O3. The minimum atomic E-state index is -0.458. The molecule has 2 amide bonds. The van der Waals surface area contributed by atoms with Gasteiger partial charge in [-0.05, 0) is 45.9 Å².